The quantitative estimate of drug-likeness (QED) is 0.636. The summed E-state index contributed by atoms with van der Waals surface area (Å²) < 4.78 is 20.5. The Bertz CT molecular complexity index is 923. The number of hydrogen-bond acceptors (Lipinski definition) is 3. The summed E-state index contributed by atoms with van der Waals surface area (Å²) in [5.41, 5.74) is 2.17. The summed E-state index contributed by atoms with van der Waals surface area (Å²) in [7, 11) is 0. The van der Waals surface area contributed by atoms with Crippen LogP contribution in [0, 0.1) is 12.7 Å². The maximum atomic E-state index is 13.6. The molecular weight excluding hydrogens is 307 g/mol. The van der Waals surface area contributed by atoms with Crippen LogP contribution < -0.4 is 0 Å². The molecule has 0 atom stereocenters. The number of halogens is 1. The van der Waals surface area contributed by atoms with Gasteiger partial charge >= 0.3 is 6.09 Å². The summed E-state index contributed by atoms with van der Waals surface area (Å²) in [5.74, 6) is -0.324. The second-order valence-electron chi connectivity index (χ2n) is 6.72. The fourth-order valence-corrected chi connectivity index (χ4v) is 2.58. The highest BCUT2D eigenvalue weighted by Crippen LogP contribution is 2.29. The molecule has 0 bridgehead atoms. The Hall–Kier alpha value is -2.69. The number of ether oxygens (including phenoxy) is 1. The van der Waals surface area contributed by atoms with Crippen LogP contribution >= 0.6 is 0 Å². The predicted octanol–water partition coefficient (Wildman–Crippen LogP) is 4.93. The first kappa shape index (κ1) is 16.2. The molecule has 0 fully saturated rings. The van der Waals surface area contributed by atoms with E-state index in [0.717, 1.165) is 11.1 Å². The lowest BCUT2D eigenvalue weighted by atomic mass is 10.1. The van der Waals surface area contributed by atoms with Crippen LogP contribution in [0.3, 0.4) is 0 Å². The van der Waals surface area contributed by atoms with E-state index >= 15 is 0 Å². The number of pyridine rings is 1. The van der Waals surface area contributed by atoms with Crippen molar-refractivity contribution in [2.24, 2.45) is 0 Å². The molecule has 24 heavy (non-hydrogen) atoms. The lowest BCUT2D eigenvalue weighted by Crippen LogP contribution is -2.26. The molecule has 0 aliphatic carbocycles. The fraction of sp³-hybridized carbons (Fsp3) is 0.263. The van der Waals surface area contributed by atoms with E-state index < -0.39 is 11.7 Å². The number of aryl methyl sites for hydroxylation is 1. The van der Waals surface area contributed by atoms with Crippen LogP contribution in [-0.2, 0) is 4.74 Å². The van der Waals surface area contributed by atoms with Crippen molar-refractivity contribution in [2.45, 2.75) is 33.3 Å². The van der Waals surface area contributed by atoms with E-state index in [-0.39, 0.29) is 5.82 Å². The fourth-order valence-electron chi connectivity index (χ4n) is 2.58. The zero-order valence-electron chi connectivity index (χ0n) is 14.1. The highest BCUT2D eigenvalue weighted by atomic mass is 19.1. The van der Waals surface area contributed by atoms with Gasteiger partial charge in [0.2, 0.25) is 0 Å². The van der Waals surface area contributed by atoms with E-state index in [0.29, 0.717) is 16.8 Å². The van der Waals surface area contributed by atoms with Crippen molar-refractivity contribution in [3.05, 3.63) is 54.1 Å². The molecule has 0 aliphatic heterocycles. The van der Waals surface area contributed by atoms with Crippen LogP contribution in [-0.4, -0.2) is 21.2 Å². The molecule has 0 saturated heterocycles. The maximum absolute atomic E-state index is 13.6. The number of benzene rings is 1. The minimum absolute atomic E-state index is 0.324. The van der Waals surface area contributed by atoms with E-state index in [1.54, 1.807) is 24.4 Å². The van der Waals surface area contributed by atoms with Gasteiger partial charge in [0, 0.05) is 22.8 Å². The van der Waals surface area contributed by atoms with E-state index in [2.05, 4.69) is 4.98 Å². The van der Waals surface area contributed by atoms with Gasteiger partial charge in [-0.2, -0.15) is 0 Å². The van der Waals surface area contributed by atoms with Crippen LogP contribution in [0.1, 0.15) is 26.5 Å². The average molecular weight is 326 g/mol. The summed E-state index contributed by atoms with van der Waals surface area (Å²) in [4.78, 5) is 16.9. The Morgan fingerprint density at radius 2 is 1.96 bits per heavy atom. The molecule has 0 saturated carbocycles. The monoisotopic (exact) mass is 326 g/mol. The standard InChI is InChI=1S/C19H19FN2O2/c1-12-10-16-15(8-9-22(16)18(23)24-19(2,3)4)17(21-12)13-6-5-7-14(20)11-13/h5-11H,1-4H3. The SMILES string of the molecule is Cc1cc2c(ccn2C(=O)OC(C)(C)C)c(-c2cccc(F)c2)n1. The summed E-state index contributed by atoms with van der Waals surface area (Å²) in [5, 5.41) is 0.775. The number of rotatable bonds is 1. The second-order valence-corrected chi connectivity index (χ2v) is 6.72. The van der Waals surface area contributed by atoms with Crippen molar-refractivity contribution >= 4 is 17.0 Å². The van der Waals surface area contributed by atoms with Gasteiger partial charge in [-0.05, 0) is 52.0 Å². The second kappa shape index (κ2) is 5.74. The molecule has 0 radical (unpaired) electrons. The van der Waals surface area contributed by atoms with Gasteiger partial charge < -0.3 is 4.74 Å². The van der Waals surface area contributed by atoms with Gasteiger partial charge in [0.1, 0.15) is 11.4 Å². The molecule has 5 heteroatoms. The minimum atomic E-state index is -0.582. The highest BCUT2D eigenvalue weighted by molar-refractivity contribution is 5.97. The Morgan fingerprint density at radius 3 is 2.62 bits per heavy atom. The summed E-state index contributed by atoms with van der Waals surface area (Å²) in [6.45, 7) is 7.30. The molecule has 124 valence electrons. The molecule has 4 nitrogen and oxygen atoms in total. The van der Waals surface area contributed by atoms with Crippen LogP contribution in [0.4, 0.5) is 9.18 Å². The molecule has 2 aromatic heterocycles. The Morgan fingerprint density at radius 1 is 1.21 bits per heavy atom. The molecule has 0 spiro atoms. The van der Waals surface area contributed by atoms with Crippen molar-refractivity contribution in [3.63, 3.8) is 0 Å². The number of fused-ring (bicyclic) bond motifs is 1. The third-order valence-corrected chi connectivity index (χ3v) is 3.50. The number of carbonyl (C=O) groups excluding carboxylic acids is 1. The van der Waals surface area contributed by atoms with Crippen LogP contribution in [0.2, 0.25) is 0 Å². The van der Waals surface area contributed by atoms with Gasteiger partial charge in [0.05, 0.1) is 11.2 Å². The number of aromatic nitrogens is 2. The van der Waals surface area contributed by atoms with Crippen LogP contribution in [0.25, 0.3) is 22.2 Å². The van der Waals surface area contributed by atoms with Gasteiger partial charge in [-0.25, -0.2) is 9.18 Å². The first-order chi connectivity index (χ1) is 11.2. The van der Waals surface area contributed by atoms with Crippen LogP contribution in [0.5, 0.6) is 0 Å². The van der Waals surface area contributed by atoms with Gasteiger partial charge in [-0.1, -0.05) is 12.1 Å². The Balaban J connectivity index is 2.16. The first-order valence-electron chi connectivity index (χ1n) is 7.72. The van der Waals surface area contributed by atoms with Gasteiger partial charge in [0.15, 0.2) is 0 Å². The first-order valence-corrected chi connectivity index (χ1v) is 7.72. The molecular formula is C19H19FN2O2. The van der Waals surface area contributed by atoms with Crippen molar-refractivity contribution in [1.82, 2.24) is 9.55 Å². The third-order valence-electron chi connectivity index (χ3n) is 3.50. The highest BCUT2D eigenvalue weighted by Gasteiger charge is 2.20. The number of nitrogens with zero attached hydrogens (tertiary/aromatic N) is 2. The van der Waals surface area contributed by atoms with Crippen molar-refractivity contribution < 1.29 is 13.9 Å². The molecule has 1 aromatic carbocycles. The van der Waals surface area contributed by atoms with Gasteiger partial charge in [-0.3, -0.25) is 9.55 Å². The maximum Gasteiger partial charge on any atom is 0.418 e. The van der Waals surface area contributed by atoms with E-state index in [1.807, 2.05) is 33.8 Å². The minimum Gasteiger partial charge on any atom is -0.443 e. The molecule has 2 heterocycles. The van der Waals surface area contributed by atoms with E-state index in [4.69, 9.17) is 4.74 Å². The number of carbonyl (C=O) groups is 1. The molecule has 0 N–H and O–H groups in total. The third kappa shape index (κ3) is 3.15. The summed E-state index contributed by atoms with van der Waals surface area (Å²) in [6, 6.07) is 9.89. The molecule has 3 aromatic rings. The van der Waals surface area contributed by atoms with Crippen molar-refractivity contribution in [2.75, 3.05) is 0 Å². The summed E-state index contributed by atoms with van der Waals surface area (Å²) >= 11 is 0. The Labute approximate surface area is 139 Å². The van der Waals surface area contributed by atoms with Crippen LogP contribution in [0.15, 0.2) is 42.6 Å². The lowest BCUT2D eigenvalue weighted by molar-refractivity contribution is 0.0544. The largest absolute Gasteiger partial charge is 0.443 e. The molecule has 0 amide bonds. The normalized spacial score (nSPS) is 11.7. The van der Waals surface area contributed by atoms with Crippen molar-refractivity contribution in [3.8, 4) is 11.3 Å². The lowest BCUT2D eigenvalue weighted by Gasteiger charge is -2.19. The zero-order valence-corrected chi connectivity index (χ0v) is 14.1. The van der Waals surface area contributed by atoms with E-state index in [1.165, 1.54) is 16.7 Å². The summed E-state index contributed by atoms with van der Waals surface area (Å²) in [6.07, 6.45) is 1.20. The average Bonchev–Trinajstić information content (AvgIpc) is 2.88. The molecule has 0 aliphatic rings. The van der Waals surface area contributed by atoms with Gasteiger partial charge in [-0.15, -0.1) is 0 Å². The van der Waals surface area contributed by atoms with Gasteiger partial charge in [0.25, 0.3) is 0 Å². The van der Waals surface area contributed by atoms with E-state index in [9.17, 15) is 9.18 Å². The Kier molecular flexibility index (Phi) is 3.87. The topological polar surface area (TPSA) is 44.1 Å². The molecule has 3 rings (SSSR count). The molecule has 0 unspecified atom stereocenters. The zero-order chi connectivity index (χ0) is 17.5. The smallest absolute Gasteiger partial charge is 0.418 e. The van der Waals surface area contributed by atoms with Crippen molar-refractivity contribution in [1.29, 1.82) is 0 Å². The number of hydrogen-bond donors (Lipinski definition) is 0. The predicted molar refractivity (Wildman–Crippen MR) is 91.5 cm³/mol.